The minimum absolute atomic E-state index is 0.246. The highest BCUT2D eigenvalue weighted by Crippen LogP contribution is 2.27. The molecule has 0 radical (unpaired) electrons. The molecule has 1 nitrogen and oxygen atoms in total. The summed E-state index contributed by atoms with van der Waals surface area (Å²) in [6, 6.07) is 8.30. The van der Waals surface area contributed by atoms with Crippen LogP contribution in [0.15, 0.2) is 30.3 Å². The lowest BCUT2D eigenvalue weighted by Gasteiger charge is -2.09. The first kappa shape index (κ1) is 13.5. The highest BCUT2D eigenvalue weighted by Gasteiger charge is 2.14. The van der Waals surface area contributed by atoms with Crippen LogP contribution >= 0.6 is 22.9 Å². The van der Waals surface area contributed by atoms with E-state index in [-0.39, 0.29) is 12.2 Å². The van der Waals surface area contributed by atoms with Crippen molar-refractivity contribution in [2.24, 2.45) is 0 Å². The number of aliphatic hydroxyl groups excluding tert-OH is 1. The molecule has 0 amide bonds. The molecule has 0 aliphatic heterocycles. The van der Waals surface area contributed by atoms with Gasteiger partial charge in [-0.05, 0) is 42.3 Å². The predicted octanol–water partition coefficient (Wildman–Crippen LogP) is 4.38. The Balaban J connectivity index is 2.15. The fourth-order valence-electron chi connectivity index (χ4n) is 1.77. The zero-order valence-electron chi connectivity index (χ0n) is 9.99. The van der Waals surface area contributed by atoms with Crippen LogP contribution < -0.4 is 0 Å². The van der Waals surface area contributed by atoms with Crippen LogP contribution in [-0.4, -0.2) is 5.11 Å². The highest BCUT2D eigenvalue weighted by molar-refractivity contribution is 7.12. The smallest absolute Gasteiger partial charge is 0.126 e. The van der Waals surface area contributed by atoms with Crippen molar-refractivity contribution in [1.29, 1.82) is 0 Å². The summed E-state index contributed by atoms with van der Waals surface area (Å²) in [5.41, 5.74) is 0.446. The molecule has 0 spiro atoms. The van der Waals surface area contributed by atoms with Gasteiger partial charge in [-0.15, -0.1) is 11.3 Å². The molecule has 0 saturated heterocycles. The third-order valence-electron chi connectivity index (χ3n) is 2.78. The molecule has 1 unspecified atom stereocenters. The monoisotopic (exact) mass is 284 g/mol. The maximum absolute atomic E-state index is 13.6. The van der Waals surface area contributed by atoms with Gasteiger partial charge in [0.05, 0.1) is 6.10 Å². The summed E-state index contributed by atoms with van der Waals surface area (Å²) in [6.07, 6.45) is 0.516. The summed E-state index contributed by atoms with van der Waals surface area (Å²) in [6.45, 7) is 2.07. The fraction of sp³-hybridized carbons (Fsp3) is 0.286. The van der Waals surface area contributed by atoms with Crippen LogP contribution in [0.5, 0.6) is 0 Å². The van der Waals surface area contributed by atoms with E-state index in [9.17, 15) is 9.50 Å². The number of hydrogen-bond donors (Lipinski definition) is 1. The molecule has 4 heteroatoms. The molecule has 0 aliphatic rings. The molecule has 18 heavy (non-hydrogen) atoms. The first-order chi connectivity index (χ1) is 8.60. The number of benzene rings is 1. The lowest BCUT2D eigenvalue weighted by Crippen LogP contribution is -2.01. The minimum atomic E-state index is -0.678. The zero-order chi connectivity index (χ0) is 13.1. The maximum atomic E-state index is 13.6. The second-order valence-corrected chi connectivity index (χ2v) is 5.75. The van der Waals surface area contributed by atoms with E-state index in [1.165, 1.54) is 17.0 Å². The number of rotatable bonds is 4. The molecule has 1 N–H and O–H groups in total. The van der Waals surface area contributed by atoms with Crippen molar-refractivity contribution >= 4 is 22.9 Å². The van der Waals surface area contributed by atoms with Crippen molar-refractivity contribution in [2.45, 2.75) is 25.9 Å². The number of thiophene rings is 1. The summed E-state index contributed by atoms with van der Waals surface area (Å²) in [5, 5.41) is 10.6. The van der Waals surface area contributed by atoms with Crippen LogP contribution in [0.4, 0.5) is 4.39 Å². The molecule has 0 saturated carbocycles. The maximum Gasteiger partial charge on any atom is 0.126 e. The van der Waals surface area contributed by atoms with E-state index in [0.717, 1.165) is 11.3 Å². The Kier molecular flexibility index (Phi) is 4.38. The Bertz CT molecular complexity index is 538. The fourth-order valence-corrected chi connectivity index (χ4v) is 2.91. The Morgan fingerprint density at radius 2 is 2.11 bits per heavy atom. The van der Waals surface area contributed by atoms with Crippen LogP contribution in [-0.2, 0) is 12.8 Å². The molecule has 0 bridgehead atoms. The summed E-state index contributed by atoms with van der Waals surface area (Å²) in [5.74, 6) is -0.328. The molecule has 2 rings (SSSR count). The third kappa shape index (κ3) is 3.10. The predicted molar refractivity (Wildman–Crippen MR) is 73.8 cm³/mol. The lowest BCUT2D eigenvalue weighted by molar-refractivity contribution is 0.181. The SMILES string of the molecule is CCc1ccc(C(O)Cc2cc(Cl)ccc2F)s1. The molecule has 0 fully saturated rings. The summed E-state index contributed by atoms with van der Waals surface area (Å²) < 4.78 is 13.6. The summed E-state index contributed by atoms with van der Waals surface area (Å²) in [7, 11) is 0. The lowest BCUT2D eigenvalue weighted by atomic mass is 10.1. The van der Waals surface area contributed by atoms with Gasteiger partial charge in [0, 0.05) is 21.2 Å². The van der Waals surface area contributed by atoms with E-state index in [2.05, 4.69) is 6.92 Å². The second kappa shape index (κ2) is 5.83. The van der Waals surface area contributed by atoms with E-state index >= 15 is 0 Å². The molecule has 2 aromatic rings. The van der Waals surface area contributed by atoms with Crippen molar-refractivity contribution < 1.29 is 9.50 Å². The quantitative estimate of drug-likeness (QED) is 0.883. The van der Waals surface area contributed by atoms with Gasteiger partial charge < -0.3 is 5.11 Å². The number of aliphatic hydroxyl groups is 1. The van der Waals surface area contributed by atoms with Crippen molar-refractivity contribution in [3.05, 3.63) is 56.5 Å². The highest BCUT2D eigenvalue weighted by atomic mass is 35.5. The Hall–Kier alpha value is -0.900. The molecular formula is C14H14ClFOS. The standard InChI is InChI=1S/C14H14ClFOS/c1-2-11-4-6-14(18-11)13(17)8-9-7-10(15)3-5-12(9)16/h3-7,13,17H,2,8H2,1H3. The molecule has 1 heterocycles. The van der Waals surface area contributed by atoms with Gasteiger partial charge >= 0.3 is 0 Å². The first-order valence-electron chi connectivity index (χ1n) is 5.80. The minimum Gasteiger partial charge on any atom is -0.387 e. The average Bonchev–Trinajstić information content (AvgIpc) is 2.82. The van der Waals surface area contributed by atoms with Crippen molar-refractivity contribution in [3.8, 4) is 0 Å². The summed E-state index contributed by atoms with van der Waals surface area (Å²) >= 11 is 7.39. The van der Waals surface area contributed by atoms with Crippen molar-refractivity contribution in [1.82, 2.24) is 0 Å². The van der Waals surface area contributed by atoms with Gasteiger partial charge in [0.1, 0.15) is 5.82 Å². The summed E-state index contributed by atoms with van der Waals surface area (Å²) in [4.78, 5) is 2.09. The van der Waals surface area contributed by atoms with Crippen molar-refractivity contribution in [2.75, 3.05) is 0 Å². The van der Waals surface area contributed by atoms with Gasteiger partial charge in [0.2, 0.25) is 0 Å². The third-order valence-corrected chi connectivity index (χ3v) is 4.35. The van der Waals surface area contributed by atoms with Gasteiger partial charge in [-0.1, -0.05) is 18.5 Å². The van der Waals surface area contributed by atoms with Crippen LogP contribution in [0.1, 0.15) is 28.3 Å². The number of aryl methyl sites for hydroxylation is 1. The first-order valence-corrected chi connectivity index (χ1v) is 7.00. The van der Waals surface area contributed by atoms with E-state index in [1.807, 2.05) is 12.1 Å². The van der Waals surface area contributed by atoms with E-state index in [0.29, 0.717) is 10.6 Å². The molecule has 1 aromatic carbocycles. The molecule has 96 valence electrons. The molecule has 0 aliphatic carbocycles. The van der Waals surface area contributed by atoms with E-state index in [1.54, 1.807) is 17.4 Å². The van der Waals surface area contributed by atoms with Crippen LogP contribution in [0.2, 0.25) is 5.02 Å². The van der Waals surface area contributed by atoms with Crippen LogP contribution in [0.3, 0.4) is 0 Å². The van der Waals surface area contributed by atoms with E-state index < -0.39 is 6.10 Å². The largest absolute Gasteiger partial charge is 0.387 e. The van der Waals surface area contributed by atoms with Gasteiger partial charge in [-0.2, -0.15) is 0 Å². The average molecular weight is 285 g/mol. The number of hydrogen-bond acceptors (Lipinski definition) is 2. The van der Waals surface area contributed by atoms with Gasteiger partial charge in [0.25, 0.3) is 0 Å². The Morgan fingerprint density at radius 3 is 2.78 bits per heavy atom. The van der Waals surface area contributed by atoms with Crippen LogP contribution in [0, 0.1) is 5.82 Å². The van der Waals surface area contributed by atoms with Crippen molar-refractivity contribution in [3.63, 3.8) is 0 Å². The Labute approximate surface area is 115 Å². The Morgan fingerprint density at radius 1 is 1.33 bits per heavy atom. The zero-order valence-corrected chi connectivity index (χ0v) is 11.6. The van der Waals surface area contributed by atoms with Gasteiger partial charge in [-0.3, -0.25) is 0 Å². The molecular weight excluding hydrogens is 271 g/mol. The van der Waals surface area contributed by atoms with Gasteiger partial charge in [-0.25, -0.2) is 4.39 Å². The molecule has 1 atom stereocenters. The van der Waals surface area contributed by atoms with Gasteiger partial charge in [0.15, 0.2) is 0 Å². The molecule has 1 aromatic heterocycles. The second-order valence-electron chi connectivity index (χ2n) is 4.11. The van der Waals surface area contributed by atoms with Crippen LogP contribution in [0.25, 0.3) is 0 Å². The normalized spacial score (nSPS) is 12.7. The topological polar surface area (TPSA) is 20.2 Å². The van der Waals surface area contributed by atoms with E-state index in [4.69, 9.17) is 11.6 Å². The number of halogens is 2.